The molecule has 0 unspecified atom stereocenters. The second-order valence-corrected chi connectivity index (χ2v) is 7.93. The van der Waals surface area contributed by atoms with E-state index in [4.69, 9.17) is 11.6 Å². The van der Waals surface area contributed by atoms with Crippen molar-refractivity contribution in [1.82, 2.24) is 0 Å². The van der Waals surface area contributed by atoms with Crippen molar-refractivity contribution in [3.05, 3.63) is 80.4 Å². The largest absolute Gasteiger partial charge is 0.321 e. The van der Waals surface area contributed by atoms with Crippen LogP contribution in [0.2, 0.25) is 5.02 Å². The van der Waals surface area contributed by atoms with E-state index >= 15 is 0 Å². The first-order valence-corrected chi connectivity index (χ1v) is 9.69. The second-order valence-electron chi connectivity index (χ2n) is 6.47. The molecule has 0 saturated carbocycles. The molecule has 7 heteroatoms. The van der Waals surface area contributed by atoms with E-state index in [1.165, 1.54) is 23.5 Å². The highest BCUT2D eigenvalue weighted by molar-refractivity contribution is 7.18. The van der Waals surface area contributed by atoms with Crippen LogP contribution in [0.25, 0.3) is 0 Å². The van der Waals surface area contributed by atoms with Crippen LogP contribution in [0, 0.1) is 26.6 Å². The summed E-state index contributed by atoms with van der Waals surface area (Å²) in [5.41, 5.74) is 3.67. The summed E-state index contributed by atoms with van der Waals surface area (Å²) >= 11 is 7.10. The fraction of sp³-hybridized carbons (Fsp3) is 0.143. The molecule has 0 saturated heterocycles. The van der Waals surface area contributed by atoms with E-state index in [0.717, 1.165) is 28.4 Å². The maximum Gasteiger partial charge on any atom is 0.266 e. The summed E-state index contributed by atoms with van der Waals surface area (Å²) in [6.45, 7) is 5.68. The number of amides is 2. The van der Waals surface area contributed by atoms with Crippen LogP contribution in [0.3, 0.4) is 0 Å². The molecule has 1 aromatic heterocycles. The minimum absolute atomic E-state index is 0.0265. The molecular weight excluding hydrogens is 399 g/mol. The van der Waals surface area contributed by atoms with Gasteiger partial charge in [0, 0.05) is 5.69 Å². The zero-order valence-electron chi connectivity index (χ0n) is 15.5. The first-order chi connectivity index (χ1) is 13.2. The molecule has 3 aromatic rings. The Balaban J connectivity index is 1.78. The van der Waals surface area contributed by atoms with Gasteiger partial charge in [-0.05, 0) is 67.8 Å². The number of benzene rings is 2. The molecule has 0 spiro atoms. The van der Waals surface area contributed by atoms with Crippen LogP contribution in [0.4, 0.5) is 15.1 Å². The van der Waals surface area contributed by atoms with Gasteiger partial charge in [-0.3, -0.25) is 9.59 Å². The van der Waals surface area contributed by atoms with Crippen molar-refractivity contribution >= 4 is 45.4 Å². The lowest BCUT2D eigenvalue weighted by Crippen LogP contribution is -2.12. The van der Waals surface area contributed by atoms with Gasteiger partial charge in [-0.25, -0.2) is 4.39 Å². The highest BCUT2D eigenvalue weighted by Crippen LogP contribution is 2.29. The van der Waals surface area contributed by atoms with Crippen molar-refractivity contribution in [3.8, 4) is 0 Å². The van der Waals surface area contributed by atoms with Crippen LogP contribution >= 0.6 is 22.9 Å². The molecule has 2 aromatic carbocycles. The predicted molar refractivity (Wildman–Crippen MR) is 112 cm³/mol. The summed E-state index contributed by atoms with van der Waals surface area (Å²) in [6.07, 6.45) is 0. The average Bonchev–Trinajstić information content (AvgIpc) is 2.98. The number of thiophene rings is 1. The van der Waals surface area contributed by atoms with Gasteiger partial charge in [0.25, 0.3) is 11.8 Å². The molecule has 0 radical (unpaired) electrons. The molecule has 4 nitrogen and oxygen atoms in total. The van der Waals surface area contributed by atoms with Gasteiger partial charge < -0.3 is 10.6 Å². The molecule has 0 aliphatic rings. The summed E-state index contributed by atoms with van der Waals surface area (Å²) in [6, 6.07) is 11.1. The van der Waals surface area contributed by atoms with Crippen LogP contribution < -0.4 is 10.6 Å². The van der Waals surface area contributed by atoms with Gasteiger partial charge in [0.15, 0.2) is 0 Å². The number of nitrogens with one attached hydrogen (secondary N) is 2. The quantitative estimate of drug-likeness (QED) is 0.550. The van der Waals surface area contributed by atoms with Gasteiger partial charge in [0.05, 0.1) is 20.5 Å². The van der Waals surface area contributed by atoms with E-state index in [1.807, 2.05) is 32.0 Å². The molecule has 0 aliphatic heterocycles. The average molecular weight is 417 g/mol. The minimum atomic E-state index is -0.515. The molecule has 28 heavy (non-hydrogen) atoms. The molecule has 0 fully saturated rings. The van der Waals surface area contributed by atoms with Gasteiger partial charge in [-0.2, -0.15) is 0 Å². The fourth-order valence-corrected chi connectivity index (χ4v) is 3.89. The molecule has 0 aliphatic carbocycles. The van der Waals surface area contributed by atoms with Crippen LogP contribution in [-0.2, 0) is 0 Å². The smallest absolute Gasteiger partial charge is 0.266 e. The van der Waals surface area contributed by atoms with Gasteiger partial charge >= 0.3 is 0 Å². The van der Waals surface area contributed by atoms with Gasteiger partial charge in [-0.1, -0.05) is 23.7 Å². The standard InChI is InChI=1S/C21H18ClFN2O2S/c1-11-4-5-12(2)17(8-11)24-21(27)19-13(3)9-18(28-19)25-20(26)15-7-6-14(23)10-16(15)22/h4-10H,1-3H3,(H,24,27)(H,25,26). The minimum Gasteiger partial charge on any atom is -0.321 e. The Hall–Kier alpha value is -2.70. The number of aryl methyl sites for hydroxylation is 3. The van der Waals surface area contributed by atoms with Crippen LogP contribution in [0.5, 0.6) is 0 Å². The Kier molecular flexibility index (Phi) is 5.82. The number of rotatable bonds is 4. The summed E-state index contributed by atoms with van der Waals surface area (Å²) in [5.74, 6) is -1.22. The molecule has 2 N–H and O–H groups in total. The summed E-state index contributed by atoms with van der Waals surface area (Å²) in [7, 11) is 0. The van der Waals surface area contributed by atoms with E-state index in [1.54, 1.807) is 13.0 Å². The molecule has 0 bridgehead atoms. The maximum absolute atomic E-state index is 13.2. The fourth-order valence-electron chi connectivity index (χ4n) is 2.67. The van der Waals surface area contributed by atoms with Crippen molar-refractivity contribution < 1.29 is 14.0 Å². The van der Waals surface area contributed by atoms with Crippen molar-refractivity contribution in [1.29, 1.82) is 0 Å². The zero-order chi connectivity index (χ0) is 20.4. The highest BCUT2D eigenvalue weighted by Gasteiger charge is 2.17. The van der Waals surface area contributed by atoms with Gasteiger partial charge in [0.2, 0.25) is 0 Å². The third kappa shape index (κ3) is 4.40. The van der Waals surface area contributed by atoms with Crippen molar-refractivity contribution in [2.75, 3.05) is 10.6 Å². The molecular formula is C21H18ClFN2O2S. The lowest BCUT2D eigenvalue weighted by Gasteiger charge is -2.09. The van der Waals surface area contributed by atoms with Crippen LogP contribution in [-0.4, -0.2) is 11.8 Å². The monoisotopic (exact) mass is 416 g/mol. The zero-order valence-corrected chi connectivity index (χ0v) is 17.1. The highest BCUT2D eigenvalue weighted by atomic mass is 35.5. The van der Waals surface area contributed by atoms with E-state index in [2.05, 4.69) is 10.6 Å². The van der Waals surface area contributed by atoms with Crippen LogP contribution in [0.1, 0.15) is 36.7 Å². The topological polar surface area (TPSA) is 58.2 Å². The summed E-state index contributed by atoms with van der Waals surface area (Å²) < 4.78 is 13.2. The Morgan fingerprint density at radius 1 is 0.929 bits per heavy atom. The molecule has 144 valence electrons. The lowest BCUT2D eigenvalue weighted by atomic mass is 10.1. The van der Waals surface area contributed by atoms with E-state index < -0.39 is 11.7 Å². The maximum atomic E-state index is 13.2. The summed E-state index contributed by atoms with van der Waals surface area (Å²) in [4.78, 5) is 25.6. The summed E-state index contributed by atoms with van der Waals surface area (Å²) in [5, 5.41) is 6.16. The number of anilines is 2. The molecule has 2 amide bonds. The normalized spacial score (nSPS) is 10.6. The van der Waals surface area contributed by atoms with E-state index in [0.29, 0.717) is 9.88 Å². The second kappa shape index (κ2) is 8.12. The number of carbonyl (C=O) groups excluding carboxylic acids is 2. The molecule has 0 atom stereocenters. The first-order valence-electron chi connectivity index (χ1n) is 8.50. The van der Waals surface area contributed by atoms with Crippen molar-refractivity contribution in [2.24, 2.45) is 0 Å². The number of hydrogen-bond donors (Lipinski definition) is 2. The van der Waals surface area contributed by atoms with E-state index in [-0.39, 0.29) is 16.5 Å². The number of halogens is 2. The Morgan fingerprint density at radius 3 is 2.39 bits per heavy atom. The van der Waals surface area contributed by atoms with E-state index in [9.17, 15) is 14.0 Å². The Bertz CT molecular complexity index is 1080. The first kappa shape index (κ1) is 20.0. The lowest BCUT2D eigenvalue weighted by molar-refractivity contribution is 0.102. The third-order valence-corrected chi connectivity index (χ3v) is 5.64. The molecule has 3 rings (SSSR count). The SMILES string of the molecule is Cc1ccc(C)c(NC(=O)c2sc(NC(=O)c3ccc(F)cc3Cl)cc2C)c1. The Labute approximate surface area is 171 Å². The molecule has 1 heterocycles. The number of carbonyl (C=O) groups is 2. The number of hydrogen-bond acceptors (Lipinski definition) is 3. The van der Waals surface area contributed by atoms with Crippen molar-refractivity contribution in [2.45, 2.75) is 20.8 Å². The van der Waals surface area contributed by atoms with Crippen molar-refractivity contribution in [3.63, 3.8) is 0 Å². The predicted octanol–water partition coefficient (Wildman–Crippen LogP) is 5.97. The van der Waals surface area contributed by atoms with Crippen LogP contribution in [0.15, 0.2) is 42.5 Å². The third-order valence-electron chi connectivity index (χ3n) is 4.18. The Morgan fingerprint density at radius 2 is 1.68 bits per heavy atom. The van der Waals surface area contributed by atoms with Gasteiger partial charge in [-0.15, -0.1) is 11.3 Å². The van der Waals surface area contributed by atoms with Gasteiger partial charge in [0.1, 0.15) is 5.82 Å².